The van der Waals surface area contributed by atoms with Crippen LogP contribution in [0.25, 0.3) is 0 Å². The first-order chi connectivity index (χ1) is 7.72. The lowest BCUT2D eigenvalue weighted by Gasteiger charge is -2.30. The summed E-state index contributed by atoms with van der Waals surface area (Å²) < 4.78 is 17.6. The molecule has 1 heterocycles. The maximum atomic E-state index is 12.7. The Hall–Kier alpha value is -2.09. The number of nitriles is 1. The molecule has 1 atom stereocenters. The van der Waals surface area contributed by atoms with E-state index in [1.807, 2.05) is 6.07 Å². The van der Waals surface area contributed by atoms with Gasteiger partial charge in [0.05, 0.1) is 12.7 Å². The van der Waals surface area contributed by atoms with E-state index < -0.39 is 12.1 Å². The van der Waals surface area contributed by atoms with Gasteiger partial charge < -0.3 is 4.74 Å². The van der Waals surface area contributed by atoms with E-state index in [4.69, 9.17) is 10.00 Å². The average molecular weight is 220 g/mol. The summed E-state index contributed by atoms with van der Waals surface area (Å²) in [6.45, 7) is 0.245. The zero-order valence-electron chi connectivity index (χ0n) is 8.39. The van der Waals surface area contributed by atoms with Crippen LogP contribution in [0.4, 0.5) is 14.9 Å². The molecular formula is C11H9FN2O2. The second kappa shape index (κ2) is 4.19. The van der Waals surface area contributed by atoms with Crippen molar-refractivity contribution >= 4 is 11.8 Å². The second-order valence-corrected chi connectivity index (χ2v) is 3.39. The minimum absolute atomic E-state index is 0.245. The Morgan fingerprint density at radius 3 is 2.75 bits per heavy atom. The van der Waals surface area contributed by atoms with Crippen LogP contribution in [0.2, 0.25) is 0 Å². The lowest BCUT2D eigenvalue weighted by molar-refractivity contribution is 0.134. The van der Waals surface area contributed by atoms with Crippen LogP contribution >= 0.6 is 0 Å². The van der Waals surface area contributed by atoms with E-state index in [1.165, 1.54) is 29.2 Å². The number of ether oxygens (including phenoxy) is 1. The summed E-state index contributed by atoms with van der Waals surface area (Å²) in [5, 5.41) is 8.92. The van der Waals surface area contributed by atoms with E-state index in [0.29, 0.717) is 12.1 Å². The van der Waals surface area contributed by atoms with Gasteiger partial charge in [-0.05, 0) is 24.3 Å². The third-order valence-electron chi connectivity index (χ3n) is 2.38. The molecule has 0 N–H and O–H groups in total. The Balaban J connectivity index is 2.32. The first-order valence-electron chi connectivity index (χ1n) is 4.83. The highest BCUT2D eigenvalue weighted by Gasteiger charge is 2.30. The maximum absolute atomic E-state index is 12.7. The van der Waals surface area contributed by atoms with Gasteiger partial charge in [-0.3, -0.25) is 4.90 Å². The number of rotatable bonds is 1. The van der Waals surface area contributed by atoms with Gasteiger partial charge in [0.25, 0.3) is 0 Å². The lowest BCUT2D eigenvalue weighted by Crippen LogP contribution is -2.45. The number of benzene rings is 1. The van der Waals surface area contributed by atoms with E-state index >= 15 is 0 Å². The van der Waals surface area contributed by atoms with Gasteiger partial charge in [-0.1, -0.05) is 0 Å². The normalized spacial score (nSPS) is 20.1. The Morgan fingerprint density at radius 1 is 1.44 bits per heavy atom. The molecule has 1 aromatic rings. The van der Waals surface area contributed by atoms with Crippen LogP contribution in [-0.2, 0) is 4.74 Å². The molecule has 4 nitrogen and oxygen atoms in total. The van der Waals surface area contributed by atoms with Gasteiger partial charge in [0.1, 0.15) is 11.9 Å². The number of hydrogen-bond donors (Lipinski definition) is 0. The van der Waals surface area contributed by atoms with Crippen molar-refractivity contribution < 1.29 is 13.9 Å². The van der Waals surface area contributed by atoms with Crippen LogP contribution < -0.4 is 4.90 Å². The monoisotopic (exact) mass is 220 g/mol. The highest BCUT2D eigenvalue weighted by atomic mass is 19.1. The number of anilines is 1. The largest absolute Gasteiger partial charge is 0.449 e. The fraction of sp³-hybridized carbons (Fsp3) is 0.273. The fourth-order valence-corrected chi connectivity index (χ4v) is 1.59. The van der Waals surface area contributed by atoms with Crippen LogP contribution in [0, 0.1) is 17.1 Å². The molecule has 1 fully saturated rings. The third-order valence-corrected chi connectivity index (χ3v) is 2.38. The van der Waals surface area contributed by atoms with Crippen molar-refractivity contribution in [1.29, 1.82) is 5.26 Å². The molecule has 1 aliphatic rings. The van der Waals surface area contributed by atoms with Gasteiger partial charge >= 0.3 is 6.09 Å². The predicted octanol–water partition coefficient (Wildman–Crippen LogP) is 2.06. The van der Waals surface area contributed by atoms with Gasteiger partial charge in [-0.15, -0.1) is 0 Å². The van der Waals surface area contributed by atoms with Gasteiger partial charge in [-0.25, -0.2) is 9.18 Å². The van der Waals surface area contributed by atoms with Crippen LogP contribution in [0.1, 0.15) is 6.42 Å². The molecule has 0 saturated carbocycles. The fourth-order valence-electron chi connectivity index (χ4n) is 1.59. The molecule has 1 unspecified atom stereocenters. The molecule has 1 aromatic carbocycles. The molecule has 0 aromatic heterocycles. The molecule has 0 aliphatic carbocycles. The number of cyclic esters (lactones) is 1. The van der Waals surface area contributed by atoms with Gasteiger partial charge in [0.2, 0.25) is 0 Å². The summed E-state index contributed by atoms with van der Waals surface area (Å²) >= 11 is 0. The van der Waals surface area contributed by atoms with Crippen molar-refractivity contribution in [2.75, 3.05) is 11.5 Å². The smallest absolute Gasteiger partial charge is 0.415 e. The van der Waals surface area contributed by atoms with Crippen molar-refractivity contribution in [1.82, 2.24) is 0 Å². The molecule has 82 valence electrons. The zero-order chi connectivity index (χ0) is 11.5. The molecule has 2 rings (SSSR count). The lowest BCUT2D eigenvalue weighted by atomic mass is 10.1. The number of nitrogens with zero attached hydrogens (tertiary/aromatic N) is 2. The molecular weight excluding hydrogens is 211 g/mol. The van der Waals surface area contributed by atoms with E-state index in [2.05, 4.69) is 0 Å². The van der Waals surface area contributed by atoms with E-state index in [1.54, 1.807) is 0 Å². The minimum Gasteiger partial charge on any atom is -0.449 e. The Bertz CT molecular complexity index is 438. The molecule has 5 heteroatoms. The predicted molar refractivity (Wildman–Crippen MR) is 54.2 cm³/mol. The first-order valence-corrected chi connectivity index (χ1v) is 4.83. The van der Waals surface area contributed by atoms with Gasteiger partial charge in [0.15, 0.2) is 0 Å². The SMILES string of the molecule is N#CC1CCOC(=O)N1c1ccc(F)cc1. The van der Waals surface area contributed by atoms with Crippen molar-refractivity contribution in [2.45, 2.75) is 12.5 Å². The Labute approximate surface area is 91.8 Å². The molecule has 0 bridgehead atoms. The van der Waals surface area contributed by atoms with E-state index in [9.17, 15) is 9.18 Å². The highest BCUT2D eigenvalue weighted by molar-refractivity contribution is 5.89. The molecule has 1 aliphatic heterocycles. The Kier molecular flexibility index (Phi) is 2.73. The summed E-state index contributed by atoms with van der Waals surface area (Å²) in [5.41, 5.74) is 0.470. The van der Waals surface area contributed by atoms with Crippen molar-refractivity contribution in [3.05, 3.63) is 30.1 Å². The highest BCUT2D eigenvalue weighted by Crippen LogP contribution is 2.23. The molecule has 1 saturated heterocycles. The number of hydrogen-bond acceptors (Lipinski definition) is 3. The summed E-state index contributed by atoms with van der Waals surface area (Å²) in [4.78, 5) is 12.7. The van der Waals surface area contributed by atoms with Gasteiger partial charge in [0, 0.05) is 12.1 Å². The minimum atomic E-state index is -0.565. The van der Waals surface area contributed by atoms with Crippen LogP contribution in [-0.4, -0.2) is 18.7 Å². The topological polar surface area (TPSA) is 53.3 Å². The number of amides is 1. The zero-order valence-corrected chi connectivity index (χ0v) is 8.39. The second-order valence-electron chi connectivity index (χ2n) is 3.39. The van der Waals surface area contributed by atoms with Gasteiger partial charge in [-0.2, -0.15) is 5.26 Å². The van der Waals surface area contributed by atoms with E-state index in [0.717, 1.165) is 0 Å². The Morgan fingerprint density at radius 2 is 2.12 bits per heavy atom. The van der Waals surface area contributed by atoms with Crippen LogP contribution in [0.3, 0.4) is 0 Å². The van der Waals surface area contributed by atoms with Crippen molar-refractivity contribution in [2.24, 2.45) is 0 Å². The van der Waals surface area contributed by atoms with Crippen LogP contribution in [0.5, 0.6) is 0 Å². The summed E-state index contributed by atoms with van der Waals surface area (Å²) in [7, 11) is 0. The number of carbonyl (C=O) groups is 1. The maximum Gasteiger partial charge on any atom is 0.415 e. The van der Waals surface area contributed by atoms with Crippen LogP contribution in [0.15, 0.2) is 24.3 Å². The third kappa shape index (κ3) is 1.82. The summed E-state index contributed by atoms with van der Waals surface area (Å²) in [6, 6.07) is 6.86. The summed E-state index contributed by atoms with van der Waals surface area (Å²) in [6.07, 6.45) is -0.107. The first kappa shape index (κ1) is 10.4. The standard InChI is InChI=1S/C11H9FN2O2/c12-8-1-3-9(4-2-8)14-10(7-13)5-6-16-11(14)15/h1-4,10H,5-6H2. The van der Waals surface area contributed by atoms with Crippen molar-refractivity contribution in [3.8, 4) is 6.07 Å². The molecule has 0 spiro atoms. The molecule has 0 radical (unpaired) electrons. The van der Waals surface area contributed by atoms with E-state index in [-0.39, 0.29) is 12.4 Å². The quantitative estimate of drug-likeness (QED) is 0.727. The average Bonchev–Trinajstić information content (AvgIpc) is 2.30. The molecule has 1 amide bonds. The summed E-state index contributed by atoms with van der Waals surface area (Å²) in [5.74, 6) is -0.386. The van der Waals surface area contributed by atoms with Crippen molar-refractivity contribution in [3.63, 3.8) is 0 Å². The molecule has 16 heavy (non-hydrogen) atoms. The number of carbonyl (C=O) groups excluding carboxylic acids is 1. The number of halogens is 1.